The van der Waals surface area contributed by atoms with E-state index in [2.05, 4.69) is 49.8 Å². The molecule has 4 rings (SSSR count). The number of hydrogen-bond donors (Lipinski definition) is 2. The molecule has 4 nitrogen and oxygen atoms in total. The monoisotopic (exact) mass is 404 g/mol. The molecule has 1 heterocycles. The molecule has 23 heavy (non-hydrogen) atoms. The number of hydrogen-bond acceptors (Lipinski definition) is 4. The Balaban J connectivity index is 1.66. The van der Waals surface area contributed by atoms with Crippen molar-refractivity contribution in [3.8, 4) is 0 Å². The maximum Gasteiger partial charge on any atom is 0.192 e. The lowest BCUT2D eigenvalue weighted by Gasteiger charge is -2.46. The van der Waals surface area contributed by atoms with E-state index in [4.69, 9.17) is 9.16 Å². The summed E-state index contributed by atoms with van der Waals surface area (Å²) in [4.78, 5) is 0.277. The largest absolute Gasteiger partial charge is 0.416 e. The summed E-state index contributed by atoms with van der Waals surface area (Å²) in [6.45, 7) is 11.8. The van der Waals surface area contributed by atoms with Gasteiger partial charge in [0.15, 0.2) is 8.32 Å². The highest BCUT2D eigenvalue weighted by Crippen LogP contribution is 2.72. The Hall–Kier alpha value is 0.537. The van der Waals surface area contributed by atoms with E-state index < -0.39 is 20.5 Å². The summed E-state index contributed by atoms with van der Waals surface area (Å²) >= 11 is 3.83. The zero-order valence-corrected chi connectivity index (χ0v) is 17.2. The van der Waals surface area contributed by atoms with Crippen LogP contribution in [-0.2, 0) is 9.16 Å². The zero-order valence-electron chi connectivity index (χ0n) is 14.6. The average Bonchev–Trinajstić information content (AvgIpc) is 3.08. The van der Waals surface area contributed by atoms with Gasteiger partial charge >= 0.3 is 0 Å². The molecule has 0 amide bonds. The maximum atomic E-state index is 10.9. The fraction of sp³-hybridized carbons (Fsp3) is 1.00. The van der Waals surface area contributed by atoms with Crippen LogP contribution in [0.25, 0.3) is 0 Å². The smallest absolute Gasteiger partial charge is 0.192 e. The Labute approximate surface area is 148 Å². The lowest BCUT2D eigenvalue weighted by Crippen LogP contribution is -2.55. The summed E-state index contributed by atoms with van der Waals surface area (Å²) in [5.74, 6) is 1.05. The van der Waals surface area contributed by atoms with E-state index in [9.17, 15) is 10.2 Å². The Morgan fingerprint density at radius 2 is 1.91 bits per heavy atom. The summed E-state index contributed by atoms with van der Waals surface area (Å²) in [7, 11) is -1.90. The molecule has 132 valence electrons. The second-order valence-electron chi connectivity index (χ2n) is 9.64. The van der Waals surface area contributed by atoms with Gasteiger partial charge in [0.05, 0.1) is 18.3 Å². The molecule has 2 N–H and O–H groups in total. The van der Waals surface area contributed by atoms with Crippen molar-refractivity contribution >= 4 is 24.2 Å². The molecule has 2 bridgehead atoms. The molecule has 0 aromatic carbocycles. The number of aliphatic hydroxyl groups excluding tert-OH is 2. The molecule has 4 fully saturated rings. The lowest BCUT2D eigenvalue weighted by atomic mass is 9.67. The first-order valence-electron chi connectivity index (χ1n) is 8.82. The SMILES string of the molecule is CC(C)(C)[Si](C)(C)OCC12C(O)C(O)C3OC4C(Br)C1CC4C32. The van der Waals surface area contributed by atoms with Crippen LogP contribution >= 0.6 is 15.9 Å². The van der Waals surface area contributed by atoms with Crippen LogP contribution in [0.5, 0.6) is 0 Å². The first-order valence-corrected chi connectivity index (χ1v) is 12.6. The molecule has 0 aromatic rings. The lowest BCUT2D eigenvalue weighted by molar-refractivity contribution is -0.112. The van der Waals surface area contributed by atoms with Crippen molar-refractivity contribution in [2.75, 3.05) is 6.61 Å². The van der Waals surface area contributed by atoms with Crippen molar-refractivity contribution in [2.45, 2.75) is 74.6 Å². The molecule has 3 saturated carbocycles. The van der Waals surface area contributed by atoms with Crippen molar-refractivity contribution in [1.82, 2.24) is 0 Å². The van der Waals surface area contributed by atoms with Gasteiger partial charge in [0.1, 0.15) is 6.10 Å². The molecule has 9 atom stereocenters. The van der Waals surface area contributed by atoms with Gasteiger partial charge in [-0.2, -0.15) is 0 Å². The van der Waals surface area contributed by atoms with Crippen LogP contribution in [0.1, 0.15) is 27.2 Å². The molecule has 0 spiro atoms. The van der Waals surface area contributed by atoms with E-state index in [1.165, 1.54) is 0 Å². The van der Waals surface area contributed by atoms with Crippen molar-refractivity contribution in [1.29, 1.82) is 0 Å². The number of aliphatic hydroxyl groups is 2. The van der Waals surface area contributed by atoms with Crippen LogP contribution in [0, 0.1) is 23.2 Å². The van der Waals surface area contributed by atoms with Gasteiger partial charge in [-0.15, -0.1) is 0 Å². The Kier molecular flexibility index (Phi) is 3.56. The fourth-order valence-electron chi connectivity index (χ4n) is 5.54. The zero-order chi connectivity index (χ0) is 16.9. The Morgan fingerprint density at radius 3 is 2.52 bits per heavy atom. The van der Waals surface area contributed by atoms with Crippen LogP contribution in [0.3, 0.4) is 0 Å². The summed E-state index contributed by atoms with van der Waals surface area (Å²) < 4.78 is 12.7. The predicted octanol–water partition coefficient (Wildman–Crippen LogP) is 2.53. The number of ether oxygens (including phenoxy) is 1. The Morgan fingerprint density at radius 1 is 1.26 bits per heavy atom. The van der Waals surface area contributed by atoms with Crippen LogP contribution in [0.4, 0.5) is 0 Å². The van der Waals surface area contributed by atoms with E-state index in [1.54, 1.807) is 0 Å². The van der Waals surface area contributed by atoms with Gasteiger partial charge < -0.3 is 19.4 Å². The minimum atomic E-state index is -1.90. The number of alkyl halides is 1. The number of halogens is 1. The van der Waals surface area contributed by atoms with Gasteiger partial charge in [-0.05, 0) is 36.4 Å². The number of rotatable bonds is 3. The summed E-state index contributed by atoms with van der Waals surface area (Å²) in [6.07, 6.45) is -0.419. The van der Waals surface area contributed by atoms with Gasteiger partial charge in [0.25, 0.3) is 0 Å². The van der Waals surface area contributed by atoms with Crippen LogP contribution < -0.4 is 0 Å². The third kappa shape index (κ3) is 1.91. The second-order valence-corrected chi connectivity index (χ2v) is 15.5. The van der Waals surface area contributed by atoms with Gasteiger partial charge in [-0.3, -0.25) is 0 Å². The highest BCUT2D eigenvalue weighted by Gasteiger charge is 2.79. The van der Waals surface area contributed by atoms with Gasteiger partial charge in [0, 0.05) is 22.8 Å². The fourth-order valence-corrected chi connectivity index (χ4v) is 7.81. The summed E-state index contributed by atoms with van der Waals surface area (Å²) in [5.41, 5.74) is -0.342. The van der Waals surface area contributed by atoms with Gasteiger partial charge in [-0.1, -0.05) is 36.7 Å². The minimum absolute atomic E-state index is 0.144. The van der Waals surface area contributed by atoms with Crippen molar-refractivity contribution in [3.05, 3.63) is 0 Å². The quantitative estimate of drug-likeness (QED) is 0.560. The van der Waals surface area contributed by atoms with Crippen LogP contribution in [0.15, 0.2) is 0 Å². The van der Waals surface area contributed by atoms with E-state index in [0.717, 1.165) is 6.42 Å². The van der Waals surface area contributed by atoms with Crippen molar-refractivity contribution in [3.63, 3.8) is 0 Å². The topological polar surface area (TPSA) is 58.9 Å². The van der Waals surface area contributed by atoms with Gasteiger partial charge in [-0.25, -0.2) is 0 Å². The predicted molar refractivity (Wildman–Crippen MR) is 94.1 cm³/mol. The third-order valence-corrected chi connectivity index (χ3v) is 13.4. The standard InChI is InChI=1S/C17H29BrO4Si/c1-16(2,3)23(4,5)21-7-17-9-6-8-10(17)14(12(19)15(17)20)22-13(8)11(9)18/h8-15,19-20H,6-7H2,1-5H3. The first kappa shape index (κ1) is 17.0. The highest BCUT2D eigenvalue weighted by molar-refractivity contribution is 9.09. The van der Waals surface area contributed by atoms with E-state index >= 15 is 0 Å². The average molecular weight is 405 g/mol. The van der Waals surface area contributed by atoms with Crippen molar-refractivity contribution in [2.24, 2.45) is 23.2 Å². The molecule has 9 unspecified atom stereocenters. The summed E-state index contributed by atoms with van der Waals surface area (Å²) in [6, 6.07) is 0. The minimum Gasteiger partial charge on any atom is -0.416 e. The molecule has 4 aliphatic rings. The molecule has 0 radical (unpaired) electrons. The molecule has 1 saturated heterocycles. The van der Waals surface area contributed by atoms with Gasteiger partial charge in [0.2, 0.25) is 0 Å². The van der Waals surface area contributed by atoms with E-state index in [1.807, 2.05) is 0 Å². The second kappa shape index (κ2) is 4.83. The summed E-state index contributed by atoms with van der Waals surface area (Å²) in [5, 5.41) is 21.6. The van der Waals surface area contributed by atoms with E-state index in [0.29, 0.717) is 18.4 Å². The first-order chi connectivity index (χ1) is 10.5. The molecule has 0 aromatic heterocycles. The molecular formula is C17H29BrO4Si. The Bertz CT molecular complexity index is 521. The highest BCUT2D eigenvalue weighted by atomic mass is 79.9. The van der Waals surface area contributed by atoms with Crippen LogP contribution in [0.2, 0.25) is 18.1 Å². The van der Waals surface area contributed by atoms with Crippen LogP contribution in [-0.4, -0.2) is 54.4 Å². The molecule has 3 aliphatic carbocycles. The molecule has 6 heteroatoms. The maximum absolute atomic E-state index is 10.9. The normalized spacial score (nSPS) is 54.3. The molecule has 1 aliphatic heterocycles. The van der Waals surface area contributed by atoms with E-state index in [-0.39, 0.29) is 33.4 Å². The number of fused-ring (bicyclic) bond motifs is 2. The molecular weight excluding hydrogens is 376 g/mol. The van der Waals surface area contributed by atoms with Crippen molar-refractivity contribution < 1.29 is 19.4 Å². The third-order valence-electron chi connectivity index (χ3n) is 7.79.